The maximum absolute atomic E-state index is 12.5. The standard InChI is InChI=1S/C18H21ClN4O2/c1-22-16-13(10-21-22)12(2-3-14(16)19)17(25)20-11-15(24)23-8-6-18(4-5-18)7-9-23/h2-3,10H,4-9,11H2,1H3,(H,20,25). The molecule has 0 radical (unpaired) electrons. The molecule has 2 aromatic rings. The van der Waals surface area contributed by atoms with E-state index in [9.17, 15) is 9.59 Å². The summed E-state index contributed by atoms with van der Waals surface area (Å²) in [5.74, 6) is -0.293. The number of nitrogens with one attached hydrogen (secondary N) is 1. The van der Waals surface area contributed by atoms with E-state index < -0.39 is 0 Å². The van der Waals surface area contributed by atoms with Crippen LogP contribution in [0.25, 0.3) is 10.9 Å². The summed E-state index contributed by atoms with van der Waals surface area (Å²) in [6, 6.07) is 3.35. The molecule has 1 aliphatic carbocycles. The Hall–Kier alpha value is -2.08. The van der Waals surface area contributed by atoms with Crippen LogP contribution in [-0.2, 0) is 11.8 Å². The van der Waals surface area contributed by atoms with Crippen LogP contribution in [0.1, 0.15) is 36.0 Å². The molecule has 2 heterocycles. The molecule has 2 aliphatic rings. The molecule has 1 aliphatic heterocycles. The van der Waals surface area contributed by atoms with E-state index in [4.69, 9.17) is 11.6 Å². The molecule has 1 N–H and O–H groups in total. The molecule has 1 spiro atoms. The number of halogens is 1. The summed E-state index contributed by atoms with van der Waals surface area (Å²) in [5, 5.41) is 8.14. The highest BCUT2D eigenvalue weighted by Gasteiger charge is 2.44. The zero-order valence-electron chi connectivity index (χ0n) is 14.2. The van der Waals surface area contributed by atoms with Crippen molar-refractivity contribution in [2.45, 2.75) is 25.7 Å². The van der Waals surface area contributed by atoms with Crippen molar-refractivity contribution in [1.29, 1.82) is 0 Å². The number of aryl methyl sites for hydroxylation is 1. The first-order valence-corrected chi connectivity index (χ1v) is 9.03. The number of nitrogens with zero attached hydrogens (tertiary/aromatic N) is 3. The van der Waals surface area contributed by atoms with E-state index >= 15 is 0 Å². The lowest BCUT2D eigenvalue weighted by Crippen LogP contribution is -2.44. The molecule has 1 aromatic carbocycles. The fourth-order valence-corrected chi connectivity index (χ4v) is 4.00. The minimum absolute atomic E-state index is 0.0137. The van der Waals surface area contributed by atoms with Gasteiger partial charge >= 0.3 is 0 Å². The SMILES string of the molecule is Cn1ncc2c(C(=O)NCC(=O)N3CCC4(CC3)CC4)ccc(Cl)c21. The summed E-state index contributed by atoms with van der Waals surface area (Å²) < 4.78 is 1.64. The van der Waals surface area contributed by atoms with Crippen molar-refractivity contribution in [3.05, 3.63) is 28.9 Å². The molecule has 1 aromatic heterocycles. The first kappa shape index (κ1) is 16.4. The Morgan fingerprint density at radius 1 is 1.24 bits per heavy atom. The second-order valence-electron chi connectivity index (χ2n) is 7.19. The van der Waals surface area contributed by atoms with Gasteiger partial charge in [-0.25, -0.2) is 0 Å². The van der Waals surface area contributed by atoms with Gasteiger partial charge in [0.1, 0.15) is 0 Å². The average Bonchev–Trinajstić information content (AvgIpc) is 3.24. The molecule has 0 unspecified atom stereocenters. The number of carbonyl (C=O) groups excluding carboxylic acids is 2. The number of aromatic nitrogens is 2. The van der Waals surface area contributed by atoms with Crippen molar-refractivity contribution >= 4 is 34.3 Å². The van der Waals surface area contributed by atoms with E-state index in [0.717, 1.165) is 25.9 Å². The number of amides is 2. The van der Waals surface area contributed by atoms with Crippen LogP contribution in [0.4, 0.5) is 0 Å². The number of hydrogen-bond donors (Lipinski definition) is 1. The Kier molecular flexibility index (Phi) is 3.95. The van der Waals surface area contributed by atoms with E-state index in [1.54, 1.807) is 30.1 Å². The fourth-order valence-electron chi connectivity index (χ4n) is 3.71. The number of fused-ring (bicyclic) bond motifs is 1. The molecule has 4 rings (SSSR count). The number of hydrogen-bond acceptors (Lipinski definition) is 3. The average molecular weight is 361 g/mol. The normalized spacial score (nSPS) is 18.6. The van der Waals surface area contributed by atoms with Gasteiger partial charge in [-0.3, -0.25) is 14.3 Å². The third-order valence-electron chi connectivity index (χ3n) is 5.63. The van der Waals surface area contributed by atoms with Crippen LogP contribution in [0.2, 0.25) is 5.02 Å². The number of rotatable bonds is 3. The van der Waals surface area contributed by atoms with Gasteiger partial charge in [-0.1, -0.05) is 11.6 Å². The van der Waals surface area contributed by atoms with E-state index in [2.05, 4.69) is 10.4 Å². The summed E-state index contributed by atoms with van der Waals surface area (Å²) in [6.45, 7) is 1.64. The minimum Gasteiger partial charge on any atom is -0.343 e. The first-order chi connectivity index (χ1) is 12.0. The molecule has 7 heteroatoms. The monoisotopic (exact) mass is 360 g/mol. The van der Waals surface area contributed by atoms with Crippen molar-refractivity contribution < 1.29 is 9.59 Å². The summed E-state index contributed by atoms with van der Waals surface area (Å²) in [7, 11) is 1.78. The Morgan fingerprint density at radius 3 is 2.64 bits per heavy atom. The highest BCUT2D eigenvalue weighted by atomic mass is 35.5. The largest absolute Gasteiger partial charge is 0.343 e. The van der Waals surface area contributed by atoms with Crippen LogP contribution >= 0.6 is 11.6 Å². The number of benzene rings is 1. The number of likely N-dealkylation sites (tertiary alicyclic amines) is 1. The van der Waals surface area contributed by atoms with Gasteiger partial charge in [-0.05, 0) is 43.2 Å². The maximum Gasteiger partial charge on any atom is 0.252 e. The van der Waals surface area contributed by atoms with E-state index in [1.807, 2.05) is 4.90 Å². The first-order valence-electron chi connectivity index (χ1n) is 8.65. The smallest absolute Gasteiger partial charge is 0.252 e. The zero-order valence-corrected chi connectivity index (χ0v) is 15.0. The van der Waals surface area contributed by atoms with Gasteiger partial charge in [0.15, 0.2) is 0 Å². The molecule has 0 bridgehead atoms. The van der Waals surface area contributed by atoms with Crippen molar-refractivity contribution in [2.24, 2.45) is 12.5 Å². The quantitative estimate of drug-likeness (QED) is 0.913. The van der Waals surface area contributed by atoms with Gasteiger partial charge in [-0.2, -0.15) is 5.10 Å². The molecule has 2 fully saturated rings. The van der Waals surface area contributed by atoms with Crippen LogP contribution in [0.3, 0.4) is 0 Å². The second-order valence-corrected chi connectivity index (χ2v) is 7.60. The molecule has 1 saturated carbocycles. The summed E-state index contributed by atoms with van der Waals surface area (Å²) in [5.41, 5.74) is 1.73. The topological polar surface area (TPSA) is 67.2 Å². The molecule has 2 amide bonds. The maximum atomic E-state index is 12.5. The van der Waals surface area contributed by atoms with Gasteiger partial charge in [0.05, 0.1) is 28.8 Å². The van der Waals surface area contributed by atoms with Gasteiger partial charge in [0.2, 0.25) is 5.91 Å². The van der Waals surface area contributed by atoms with Crippen molar-refractivity contribution in [3.63, 3.8) is 0 Å². The van der Waals surface area contributed by atoms with E-state index in [1.165, 1.54) is 12.8 Å². The number of piperidine rings is 1. The van der Waals surface area contributed by atoms with Crippen LogP contribution in [0, 0.1) is 5.41 Å². The van der Waals surface area contributed by atoms with Crippen molar-refractivity contribution in [1.82, 2.24) is 20.0 Å². The zero-order chi connectivity index (χ0) is 17.6. The lowest BCUT2D eigenvalue weighted by atomic mass is 9.94. The Morgan fingerprint density at radius 2 is 1.96 bits per heavy atom. The molecular weight excluding hydrogens is 340 g/mol. The van der Waals surface area contributed by atoms with Crippen molar-refractivity contribution in [2.75, 3.05) is 19.6 Å². The Labute approximate surface area is 151 Å². The van der Waals surface area contributed by atoms with Crippen LogP contribution in [0.15, 0.2) is 18.3 Å². The Bertz CT molecular complexity index is 846. The van der Waals surface area contributed by atoms with E-state index in [0.29, 0.717) is 26.9 Å². The molecular formula is C18H21ClN4O2. The summed E-state index contributed by atoms with van der Waals surface area (Å²) in [6.07, 6.45) is 6.44. The second kappa shape index (κ2) is 6.02. The lowest BCUT2D eigenvalue weighted by Gasteiger charge is -2.32. The van der Waals surface area contributed by atoms with Gasteiger partial charge in [0, 0.05) is 25.5 Å². The summed E-state index contributed by atoms with van der Waals surface area (Å²) in [4.78, 5) is 26.7. The van der Waals surface area contributed by atoms with Gasteiger partial charge in [-0.15, -0.1) is 0 Å². The number of carbonyl (C=O) groups is 2. The van der Waals surface area contributed by atoms with Crippen molar-refractivity contribution in [3.8, 4) is 0 Å². The van der Waals surface area contributed by atoms with Gasteiger partial charge < -0.3 is 10.2 Å². The molecule has 1 saturated heterocycles. The third-order valence-corrected chi connectivity index (χ3v) is 5.94. The van der Waals surface area contributed by atoms with Crippen LogP contribution < -0.4 is 5.32 Å². The predicted octanol–water partition coefficient (Wildman–Crippen LogP) is 2.36. The lowest BCUT2D eigenvalue weighted by molar-refractivity contribution is -0.131. The van der Waals surface area contributed by atoms with E-state index in [-0.39, 0.29) is 18.4 Å². The van der Waals surface area contributed by atoms with Crippen LogP contribution in [-0.4, -0.2) is 46.1 Å². The minimum atomic E-state index is -0.279. The summed E-state index contributed by atoms with van der Waals surface area (Å²) >= 11 is 6.18. The molecule has 25 heavy (non-hydrogen) atoms. The highest BCUT2D eigenvalue weighted by molar-refractivity contribution is 6.35. The Balaban J connectivity index is 1.41. The molecule has 132 valence electrons. The fraction of sp³-hybridized carbons (Fsp3) is 0.500. The van der Waals surface area contributed by atoms with Crippen LogP contribution in [0.5, 0.6) is 0 Å². The molecule has 0 atom stereocenters. The third kappa shape index (κ3) is 2.99. The predicted molar refractivity (Wildman–Crippen MR) is 95.5 cm³/mol. The molecule has 6 nitrogen and oxygen atoms in total. The highest BCUT2D eigenvalue weighted by Crippen LogP contribution is 2.53. The van der Waals surface area contributed by atoms with Gasteiger partial charge in [0.25, 0.3) is 5.91 Å².